The highest BCUT2D eigenvalue weighted by molar-refractivity contribution is 6.31. The van der Waals surface area contributed by atoms with E-state index in [9.17, 15) is 9.18 Å². The van der Waals surface area contributed by atoms with Crippen LogP contribution in [0.15, 0.2) is 55.1 Å². The zero-order valence-corrected chi connectivity index (χ0v) is 13.9. The van der Waals surface area contributed by atoms with Crippen LogP contribution in [-0.4, -0.2) is 20.9 Å². The van der Waals surface area contributed by atoms with Crippen molar-refractivity contribution in [1.82, 2.24) is 20.3 Å². The van der Waals surface area contributed by atoms with E-state index in [4.69, 9.17) is 11.6 Å². The average Bonchev–Trinajstić information content (AvgIpc) is 2.64. The summed E-state index contributed by atoms with van der Waals surface area (Å²) in [6.45, 7) is 0.177. The number of pyridine rings is 1. The second-order valence-electron chi connectivity index (χ2n) is 5.24. The van der Waals surface area contributed by atoms with Crippen LogP contribution in [0.3, 0.4) is 0 Å². The molecule has 0 fully saturated rings. The first-order valence-corrected chi connectivity index (χ1v) is 7.93. The summed E-state index contributed by atoms with van der Waals surface area (Å²) in [7, 11) is 0. The number of hydrogen-bond acceptors (Lipinski definition) is 4. The molecule has 1 aromatic carbocycles. The summed E-state index contributed by atoms with van der Waals surface area (Å²) in [4.78, 5) is 24.7. The van der Waals surface area contributed by atoms with Gasteiger partial charge in [-0.05, 0) is 24.3 Å². The molecule has 1 amide bonds. The van der Waals surface area contributed by atoms with Gasteiger partial charge < -0.3 is 5.32 Å². The Morgan fingerprint density at radius 1 is 1.08 bits per heavy atom. The van der Waals surface area contributed by atoms with E-state index in [-0.39, 0.29) is 29.5 Å². The number of rotatable bonds is 5. The SMILES string of the molecule is O=C(Cc1c(F)cccc1Cl)NCc1nccnc1-c1ccncc1. The first-order valence-electron chi connectivity index (χ1n) is 7.55. The first-order chi connectivity index (χ1) is 12.1. The van der Waals surface area contributed by atoms with E-state index in [1.807, 2.05) is 12.1 Å². The van der Waals surface area contributed by atoms with Gasteiger partial charge in [-0.2, -0.15) is 0 Å². The quantitative estimate of drug-likeness (QED) is 0.762. The first kappa shape index (κ1) is 17.0. The van der Waals surface area contributed by atoms with E-state index in [1.54, 1.807) is 30.9 Å². The second-order valence-corrected chi connectivity index (χ2v) is 5.65. The number of halogens is 2. The molecule has 1 N–H and O–H groups in total. The summed E-state index contributed by atoms with van der Waals surface area (Å²) in [5, 5.41) is 2.96. The Morgan fingerprint density at radius 3 is 2.60 bits per heavy atom. The van der Waals surface area contributed by atoms with Crippen molar-refractivity contribution in [3.63, 3.8) is 0 Å². The van der Waals surface area contributed by atoms with Crippen molar-refractivity contribution in [3.8, 4) is 11.3 Å². The van der Waals surface area contributed by atoms with Gasteiger partial charge in [-0.25, -0.2) is 4.39 Å². The number of nitrogens with zero attached hydrogens (tertiary/aromatic N) is 3. The molecule has 0 saturated carbocycles. The van der Waals surface area contributed by atoms with Gasteiger partial charge >= 0.3 is 0 Å². The Balaban J connectivity index is 1.71. The van der Waals surface area contributed by atoms with Gasteiger partial charge in [-0.3, -0.25) is 19.7 Å². The van der Waals surface area contributed by atoms with E-state index in [0.717, 1.165) is 5.56 Å². The lowest BCUT2D eigenvalue weighted by atomic mass is 10.1. The van der Waals surface area contributed by atoms with Crippen LogP contribution >= 0.6 is 11.6 Å². The van der Waals surface area contributed by atoms with Crippen LogP contribution < -0.4 is 5.32 Å². The number of nitrogens with one attached hydrogen (secondary N) is 1. The van der Waals surface area contributed by atoms with Gasteiger partial charge in [0.05, 0.1) is 24.4 Å². The van der Waals surface area contributed by atoms with Crippen molar-refractivity contribution in [1.29, 1.82) is 0 Å². The molecule has 0 atom stereocenters. The van der Waals surface area contributed by atoms with Crippen LogP contribution in [0, 0.1) is 5.82 Å². The molecule has 0 bridgehead atoms. The summed E-state index contributed by atoms with van der Waals surface area (Å²) in [6.07, 6.45) is 6.32. The van der Waals surface area contributed by atoms with Gasteiger partial charge in [0.25, 0.3) is 0 Å². The molecule has 7 heteroatoms. The number of benzene rings is 1. The van der Waals surface area contributed by atoms with Crippen LogP contribution in [0.1, 0.15) is 11.3 Å². The van der Waals surface area contributed by atoms with Crippen molar-refractivity contribution in [2.75, 3.05) is 0 Å². The van der Waals surface area contributed by atoms with Gasteiger partial charge in [0.15, 0.2) is 0 Å². The Morgan fingerprint density at radius 2 is 1.84 bits per heavy atom. The van der Waals surface area contributed by atoms with Crippen LogP contribution in [-0.2, 0) is 17.8 Å². The molecule has 3 aromatic rings. The molecule has 2 heterocycles. The maximum atomic E-state index is 13.8. The van der Waals surface area contributed by atoms with E-state index in [1.165, 1.54) is 12.1 Å². The zero-order valence-electron chi connectivity index (χ0n) is 13.1. The predicted molar refractivity (Wildman–Crippen MR) is 92.2 cm³/mol. The lowest BCUT2D eigenvalue weighted by Gasteiger charge is -2.10. The van der Waals surface area contributed by atoms with Crippen LogP contribution in [0.5, 0.6) is 0 Å². The molecule has 0 aliphatic heterocycles. The molecular weight excluding hydrogens is 343 g/mol. The van der Waals surface area contributed by atoms with Crippen LogP contribution in [0.25, 0.3) is 11.3 Å². The number of carbonyl (C=O) groups is 1. The van der Waals surface area contributed by atoms with Gasteiger partial charge in [0.2, 0.25) is 5.91 Å². The Bertz CT molecular complexity index is 869. The standard InChI is InChI=1S/C18H14ClFN4O/c19-14-2-1-3-15(20)13(14)10-17(25)24-11-16-18(23-9-8-22-16)12-4-6-21-7-5-12/h1-9H,10-11H2,(H,24,25). The third kappa shape index (κ3) is 4.16. The smallest absolute Gasteiger partial charge is 0.224 e. The molecule has 0 aliphatic rings. The monoisotopic (exact) mass is 356 g/mol. The summed E-state index contributed by atoms with van der Waals surface area (Å²) in [6, 6.07) is 7.96. The average molecular weight is 357 g/mol. The molecule has 5 nitrogen and oxygen atoms in total. The number of hydrogen-bond donors (Lipinski definition) is 1. The molecule has 25 heavy (non-hydrogen) atoms. The Labute approximate surface area is 148 Å². The number of carbonyl (C=O) groups excluding carboxylic acids is 1. The minimum Gasteiger partial charge on any atom is -0.350 e. The normalized spacial score (nSPS) is 10.5. The third-order valence-electron chi connectivity index (χ3n) is 3.58. The highest BCUT2D eigenvalue weighted by atomic mass is 35.5. The van der Waals surface area contributed by atoms with Crippen molar-refractivity contribution < 1.29 is 9.18 Å². The Kier molecular flexibility index (Phi) is 5.30. The summed E-state index contributed by atoms with van der Waals surface area (Å²) < 4.78 is 13.8. The molecule has 126 valence electrons. The zero-order chi connectivity index (χ0) is 17.6. The molecule has 0 radical (unpaired) electrons. The molecule has 3 rings (SSSR count). The van der Waals surface area contributed by atoms with Gasteiger partial charge in [-0.1, -0.05) is 17.7 Å². The molecule has 0 spiro atoms. The maximum absolute atomic E-state index is 13.8. The van der Waals surface area contributed by atoms with E-state index in [0.29, 0.717) is 11.4 Å². The van der Waals surface area contributed by atoms with E-state index in [2.05, 4.69) is 20.3 Å². The largest absolute Gasteiger partial charge is 0.350 e. The minimum atomic E-state index is -0.500. The fourth-order valence-corrected chi connectivity index (χ4v) is 2.58. The number of amides is 1. The van der Waals surface area contributed by atoms with Crippen molar-refractivity contribution >= 4 is 17.5 Å². The molecular formula is C18H14ClFN4O. The lowest BCUT2D eigenvalue weighted by molar-refractivity contribution is -0.120. The van der Waals surface area contributed by atoms with Gasteiger partial charge in [0, 0.05) is 40.9 Å². The third-order valence-corrected chi connectivity index (χ3v) is 3.93. The van der Waals surface area contributed by atoms with E-state index < -0.39 is 5.82 Å². The molecule has 0 aliphatic carbocycles. The van der Waals surface area contributed by atoms with Crippen LogP contribution in [0.2, 0.25) is 5.02 Å². The summed E-state index contributed by atoms with van der Waals surface area (Å²) in [5.41, 5.74) is 2.30. The fourth-order valence-electron chi connectivity index (χ4n) is 2.35. The van der Waals surface area contributed by atoms with Crippen molar-refractivity contribution in [3.05, 3.63) is 77.2 Å². The molecule has 0 saturated heterocycles. The summed E-state index contributed by atoms with van der Waals surface area (Å²) >= 11 is 5.95. The Hall–Kier alpha value is -2.86. The molecule has 0 unspecified atom stereocenters. The van der Waals surface area contributed by atoms with E-state index >= 15 is 0 Å². The predicted octanol–water partition coefficient (Wildman–Crippen LogP) is 3.19. The van der Waals surface area contributed by atoms with Crippen LogP contribution in [0.4, 0.5) is 4.39 Å². The minimum absolute atomic E-state index is 0.143. The van der Waals surface area contributed by atoms with Gasteiger partial charge in [0.1, 0.15) is 5.82 Å². The summed E-state index contributed by atoms with van der Waals surface area (Å²) in [5.74, 6) is -0.849. The fraction of sp³-hybridized carbons (Fsp3) is 0.111. The lowest BCUT2D eigenvalue weighted by Crippen LogP contribution is -2.26. The highest BCUT2D eigenvalue weighted by Crippen LogP contribution is 2.20. The van der Waals surface area contributed by atoms with Crippen molar-refractivity contribution in [2.24, 2.45) is 0 Å². The van der Waals surface area contributed by atoms with Crippen molar-refractivity contribution in [2.45, 2.75) is 13.0 Å². The molecule has 2 aromatic heterocycles. The topological polar surface area (TPSA) is 67.8 Å². The maximum Gasteiger partial charge on any atom is 0.224 e. The number of aromatic nitrogens is 3. The second kappa shape index (κ2) is 7.81. The van der Waals surface area contributed by atoms with Gasteiger partial charge in [-0.15, -0.1) is 0 Å². The highest BCUT2D eigenvalue weighted by Gasteiger charge is 2.13.